The van der Waals surface area contributed by atoms with Gasteiger partial charge in [-0.05, 0) is 44.9 Å². The molecule has 1 fully saturated rings. The van der Waals surface area contributed by atoms with Crippen LogP contribution in [0.3, 0.4) is 0 Å². The fourth-order valence-corrected chi connectivity index (χ4v) is 2.65. The van der Waals surface area contributed by atoms with Crippen LogP contribution in [0.4, 0.5) is 0 Å². The number of aromatic hydroxyl groups is 1. The van der Waals surface area contributed by atoms with Gasteiger partial charge < -0.3 is 15.3 Å². The van der Waals surface area contributed by atoms with E-state index >= 15 is 0 Å². The first kappa shape index (κ1) is 13.8. The fourth-order valence-electron chi connectivity index (χ4n) is 2.65. The van der Waals surface area contributed by atoms with Crippen molar-refractivity contribution < 1.29 is 9.90 Å². The lowest BCUT2D eigenvalue weighted by atomic mass is 9.90. The van der Waals surface area contributed by atoms with Crippen molar-refractivity contribution in [2.24, 2.45) is 0 Å². The number of aromatic nitrogens is 1. The number of rotatable bonds is 3. The van der Waals surface area contributed by atoms with Gasteiger partial charge in [0.1, 0.15) is 5.75 Å². The Morgan fingerprint density at radius 1 is 1.42 bits per heavy atom. The first-order chi connectivity index (χ1) is 9.13. The molecule has 1 saturated carbocycles. The third-order valence-corrected chi connectivity index (χ3v) is 3.96. The number of hydrogen-bond donors (Lipinski definition) is 2. The van der Waals surface area contributed by atoms with Gasteiger partial charge in [0, 0.05) is 25.3 Å². The zero-order valence-corrected chi connectivity index (χ0v) is 11.5. The van der Waals surface area contributed by atoms with Crippen molar-refractivity contribution in [1.82, 2.24) is 15.2 Å². The fraction of sp³-hybridized carbons (Fsp3) is 0.571. The van der Waals surface area contributed by atoms with E-state index in [9.17, 15) is 9.90 Å². The predicted octanol–water partition coefficient (Wildman–Crippen LogP) is 1.39. The van der Waals surface area contributed by atoms with Crippen molar-refractivity contribution in [2.75, 3.05) is 14.1 Å². The summed E-state index contributed by atoms with van der Waals surface area (Å²) < 4.78 is 0. The molecule has 0 aromatic carbocycles. The highest BCUT2D eigenvalue weighted by Gasteiger charge is 2.27. The number of amides is 1. The normalized spacial score (nSPS) is 23.1. The molecule has 104 valence electrons. The van der Waals surface area contributed by atoms with Crippen LogP contribution < -0.4 is 5.32 Å². The Balaban J connectivity index is 2.02. The molecule has 1 aliphatic carbocycles. The summed E-state index contributed by atoms with van der Waals surface area (Å²) in [6, 6.07) is 3.90. The lowest BCUT2D eigenvalue weighted by Gasteiger charge is -2.34. The van der Waals surface area contributed by atoms with E-state index in [-0.39, 0.29) is 23.4 Å². The molecule has 0 unspecified atom stereocenters. The highest BCUT2D eigenvalue weighted by Crippen LogP contribution is 2.24. The zero-order valence-electron chi connectivity index (χ0n) is 11.5. The molecule has 19 heavy (non-hydrogen) atoms. The maximum atomic E-state index is 12.3. The zero-order chi connectivity index (χ0) is 13.8. The van der Waals surface area contributed by atoms with Crippen molar-refractivity contribution in [2.45, 2.75) is 37.8 Å². The Hall–Kier alpha value is -1.62. The van der Waals surface area contributed by atoms with Gasteiger partial charge in [-0.25, -0.2) is 4.98 Å². The Labute approximate surface area is 113 Å². The van der Waals surface area contributed by atoms with Crippen LogP contribution in [0.5, 0.6) is 5.75 Å². The Bertz CT molecular complexity index is 442. The summed E-state index contributed by atoms with van der Waals surface area (Å²) in [5, 5.41) is 13.0. The summed E-state index contributed by atoms with van der Waals surface area (Å²) in [7, 11) is 3.77. The van der Waals surface area contributed by atoms with Crippen LogP contribution in [0.25, 0.3) is 0 Å². The summed E-state index contributed by atoms with van der Waals surface area (Å²) in [6.07, 6.45) is 5.65. The van der Waals surface area contributed by atoms with Crippen molar-refractivity contribution in [3.63, 3.8) is 0 Å². The summed E-state index contributed by atoms with van der Waals surface area (Å²) in [5.74, 6) is -0.255. The molecule has 5 nitrogen and oxygen atoms in total. The smallest absolute Gasteiger partial charge is 0.276 e. The van der Waals surface area contributed by atoms with E-state index in [0.29, 0.717) is 6.04 Å². The quantitative estimate of drug-likeness (QED) is 0.865. The third kappa shape index (κ3) is 3.04. The highest BCUT2D eigenvalue weighted by atomic mass is 16.3. The van der Waals surface area contributed by atoms with Crippen LogP contribution in [0.2, 0.25) is 0 Å². The van der Waals surface area contributed by atoms with Gasteiger partial charge in [-0.3, -0.25) is 4.79 Å². The lowest BCUT2D eigenvalue weighted by Crippen LogP contribution is -2.42. The third-order valence-electron chi connectivity index (χ3n) is 3.96. The molecule has 5 heteroatoms. The second-order valence-corrected chi connectivity index (χ2v) is 5.08. The summed E-state index contributed by atoms with van der Waals surface area (Å²) in [4.78, 5) is 18.0. The maximum Gasteiger partial charge on any atom is 0.276 e. The predicted molar refractivity (Wildman–Crippen MR) is 73.1 cm³/mol. The average molecular weight is 263 g/mol. The first-order valence-electron chi connectivity index (χ1n) is 6.72. The number of hydrogen-bond acceptors (Lipinski definition) is 4. The molecule has 0 spiro atoms. The van der Waals surface area contributed by atoms with E-state index in [1.807, 2.05) is 7.05 Å². The number of pyridine rings is 1. The molecule has 1 aromatic rings. The highest BCUT2D eigenvalue weighted by molar-refractivity contribution is 5.94. The van der Waals surface area contributed by atoms with Crippen molar-refractivity contribution in [3.05, 3.63) is 24.0 Å². The van der Waals surface area contributed by atoms with Crippen LogP contribution in [-0.4, -0.2) is 47.1 Å². The Morgan fingerprint density at radius 3 is 2.68 bits per heavy atom. The molecule has 1 amide bonds. The van der Waals surface area contributed by atoms with Crippen LogP contribution in [0, 0.1) is 0 Å². The molecule has 1 aliphatic rings. The second kappa shape index (κ2) is 6.02. The topological polar surface area (TPSA) is 65.5 Å². The van der Waals surface area contributed by atoms with E-state index in [4.69, 9.17) is 0 Å². The number of carbonyl (C=O) groups is 1. The Morgan fingerprint density at radius 2 is 2.11 bits per heavy atom. The SMILES string of the molecule is CNC1CCC(N(C)C(=O)c2ncccc2O)CC1. The first-order valence-corrected chi connectivity index (χ1v) is 6.72. The largest absolute Gasteiger partial charge is 0.505 e. The van der Waals surface area contributed by atoms with Crippen molar-refractivity contribution in [1.29, 1.82) is 0 Å². The van der Waals surface area contributed by atoms with Gasteiger partial charge in [-0.1, -0.05) is 0 Å². The lowest BCUT2D eigenvalue weighted by molar-refractivity contribution is 0.0676. The molecule has 0 atom stereocenters. The minimum Gasteiger partial charge on any atom is -0.505 e. The van der Waals surface area contributed by atoms with Crippen LogP contribution >= 0.6 is 0 Å². The monoisotopic (exact) mass is 263 g/mol. The maximum absolute atomic E-state index is 12.3. The molecular formula is C14H21N3O2. The van der Waals surface area contributed by atoms with Gasteiger partial charge in [-0.2, -0.15) is 0 Å². The number of nitrogens with one attached hydrogen (secondary N) is 1. The minimum absolute atomic E-state index is 0.0525. The molecule has 2 rings (SSSR count). The van der Waals surface area contributed by atoms with E-state index in [1.165, 1.54) is 12.3 Å². The molecule has 1 aromatic heterocycles. The second-order valence-electron chi connectivity index (χ2n) is 5.08. The minimum atomic E-state index is -0.203. The molecule has 0 aliphatic heterocycles. The molecule has 0 bridgehead atoms. The van der Waals surface area contributed by atoms with E-state index in [0.717, 1.165) is 25.7 Å². The average Bonchev–Trinajstić information content (AvgIpc) is 2.46. The van der Waals surface area contributed by atoms with Gasteiger partial charge in [0.05, 0.1) is 0 Å². The Kier molecular flexibility index (Phi) is 4.37. The summed E-state index contributed by atoms with van der Waals surface area (Å²) in [5.41, 5.74) is 0.140. The van der Waals surface area contributed by atoms with Gasteiger partial charge in [0.25, 0.3) is 5.91 Å². The summed E-state index contributed by atoms with van der Waals surface area (Å²) in [6.45, 7) is 0. The van der Waals surface area contributed by atoms with Crippen molar-refractivity contribution in [3.8, 4) is 5.75 Å². The van der Waals surface area contributed by atoms with Gasteiger partial charge >= 0.3 is 0 Å². The summed E-state index contributed by atoms with van der Waals surface area (Å²) >= 11 is 0. The molecular weight excluding hydrogens is 242 g/mol. The van der Waals surface area contributed by atoms with Gasteiger partial charge in [0.15, 0.2) is 5.69 Å². The van der Waals surface area contributed by atoms with Crippen molar-refractivity contribution >= 4 is 5.91 Å². The molecule has 0 radical (unpaired) electrons. The van der Waals surface area contributed by atoms with E-state index < -0.39 is 0 Å². The molecule has 0 saturated heterocycles. The number of carbonyl (C=O) groups excluding carboxylic acids is 1. The van der Waals surface area contributed by atoms with E-state index in [1.54, 1.807) is 18.0 Å². The van der Waals surface area contributed by atoms with E-state index in [2.05, 4.69) is 10.3 Å². The standard InChI is InChI=1S/C14H21N3O2/c1-15-10-5-7-11(8-6-10)17(2)14(19)13-12(18)4-3-9-16-13/h3-4,9-11,15,18H,5-8H2,1-2H3. The number of nitrogens with zero attached hydrogens (tertiary/aromatic N) is 2. The molecule has 2 N–H and O–H groups in total. The van der Waals surface area contributed by atoms with Gasteiger partial charge in [0.2, 0.25) is 0 Å². The molecule has 1 heterocycles. The van der Waals surface area contributed by atoms with Gasteiger partial charge in [-0.15, -0.1) is 0 Å². The van der Waals surface area contributed by atoms with Crippen LogP contribution in [0.1, 0.15) is 36.2 Å². The van der Waals surface area contributed by atoms with Crippen LogP contribution in [0.15, 0.2) is 18.3 Å². The van der Waals surface area contributed by atoms with Crippen LogP contribution in [-0.2, 0) is 0 Å².